The number of guanidine groups is 1. The summed E-state index contributed by atoms with van der Waals surface area (Å²) in [4.78, 5) is 7.96. The predicted octanol–water partition coefficient (Wildman–Crippen LogP) is 5.12. The molecule has 2 heterocycles. The molecule has 2 N–H and O–H groups in total. The average molecular weight is 440 g/mol. The molecular weight excluding hydrogens is 417 g/mol. The van der Waals surface area contributed by atoms with Gasteiger partial charge in [0.05, 0.1) is 19.2 Å². The van der Waals surface area contributed by atoms with Crippen molar-refractivity contribution in [2.45, 2.75) is 39.5 Å². The van der Waals surface area contributed by atoms with Crippen molar-refractivity contribution in [3.05, 3.63) is 46.1 Å². The smallest absolute Gasteiger partial charge is 0.434 e. The van der Waals surface area contributed by atoms with Gasteiger partial charge >= 0.3 is 6.18 Å². The topological polar surface area (TPSA) is 71.7 Å². The van der Waals surface area contributed by atoms with Crippen LogP contribution < -0.4 is 15.4 Å². The quantitative estimate of drug-likeness (QED) is 0.394. The molecule has 30 heavy (non-hydrogen) atoms. The molecule has 6 nitrogen and oxygen atoms in total. The second-order valence-corrected chi connectivity index (χ2v) is 7.38. The van der Waals surface area contributed by atoms with E-state index in [-0.39, 0.29) is 17.6 Å². The number of fused-ring (bicyclic) bond motifs is 1. The van der Waals surface area contributed by atoms with Gasteiger partial charge in [0.25, 0.3) is 0 Å². The van der Waals surface area contributed by atoms with Gasteiger partial charge in [0.15, 0.2) is 23.0 Å². The van der Waals surface area contributed by atoms with E-state index in [1.54, 1.807) is 0 Å². The van der Waals surface area contributed by atoms with Gasteiger partial charge in [0.1, 0.15) is 10.8 Å². The number of para-hydroxylation sites is 1. The number of hydrogen-bond donors (Lipinski definition) is 2. The summed E-state index contributed by atoms with van der Waals surface area (Å²) < 4.78 is 49.7. The number of nitrogens with one attached hydrogen (secondary N) is 2. The molecule has 1 unspecified atom stereocenters. The van der Waals surface area contributed by atoms with Gasteiger partial charge in [-0.25, -0.2) is 9.98 Å². The highest BCUT2D eigenvalue weighted by Crippen LogP contribution is 2.31. The van der Waals surface area contributed by atoms with Crippen molar-refractivity contribution < 1.29 is 22.3 Å². The number of benzene rings is 1. The molecule has 0 spiro atoms. The van der Waals surface area contributed by atoms with Gasteiger partial charge in [-0.1, -0.05) is 12.1 Å². The monoisotopic (exact) mass is 440 g/mol. The van der Waals surface area contributed by atoms with E-state index in [9.17, 15) is 13.2 Å². The van der Waals surface area contributed by atoms with Crippen LogP contribution in [0.4, 0.5) is 13.2 Å². The van der Waals surface area contributed by atoms with Gasteiger partial charge < -0.3 is 19.8 Å². The molecule has 0 radical (unpaired) electrons. The molecule has 0 aliphatic carbocycles. The van der Waals surface area contributed by atoms with E-state index < -0.39 is 11.9 Å². The van der Waals surface area contributed by atoms with Crippen LogP contribution in [-0.2, 0) is 12.7 Å². The highest BCUT2D eigenvalue weighted by molar-refractivity contribution is 7.09. The van der Waals surface area contributed by atoms with Crippen molar-refractivity contribution >= 4 is 28.3 Å². The molecule has 0 fully saturated rings. The zero-order valence-corrected chi connectivity index (χ0v) is 17.7. The lowest BCUT2D eigenvalue weighted by Crippen LogP contribution is -2.38. The molecule has 2 aromatic heterocycles. The Hall–Kier alpha value is -2.75. The third kappa shape index (κ3) is 5.24. The summed E-state index contributed by atoms with van der Waals surface area (Å²) in [7, 11) is 0. The SMILES string of the molecule is CCNC(=NCc1nc(C(F)(F)F)cs1)NC(C)c1cc2cccc(OCC)c2o1. The Kier molecular flexibility index (Phi) is 6.86. The second-order valence-electron chi connectivity index (χ2n) is 6.44. The highest BCUT2D eigenvalue weighted by atomic mass is 32.1. The van der Waals surface area contributed by atoms with Crippen molar-refractivity contribution in [2.75, 3.05) is 13.2 Å². The Morgan fingerprint density at radius 2 is 2.13 bits per heavy atom. The fourth-order valence-corrected chi connectivity index (χ4v) is 3.52. The molecule has 3 aromatic rings. The third-order valence-corrected chi connectivity index (χ3v) is 5.00. The third-order valence-electron chi connectivity index (χ3n) is 4.17. The van der Waals surface area contributed by atoms with Crippen LogP contribution in [0.2, 0.25) is 0 Å². The van der Waals surface area contributed by atoms with Crippen molar-refractivity contribution in [1.82, 2.24) is 15.6 Å². The first-order chi connectivity index (χ1) is 14.3. The Bertz CT molecular complexity index is 1010. The molecule has 10 heteroatoms. The Labute approximate surface area is 176 Å². The molecule has 0 saturated carbocycles. The van der Waals surface area contributed by atoms with Gasteiger partial charge in [-0.05, 0) is 32.9 Å². The summed E-state index contributed by atoms with van der Waals surface area (Å²) in [6.45, 7) is 6.90. The molecule has 3 rings (SSSR count). The molecule has 1 atom stereocenters. The molecule has 0 aliphatic rings. The van der Waals surface area contributed by atoms with E-state index in [1.165, 1.54) is 0 Å². The zero-order valence-electron chi connectivity index (χ0n) is 16.8. The van der Waals surface area contributed by atoms with Gasteiger partial charge in [-0.15, -0.1) is 11.3 Å². The Balaban J connectivity index is 1.74. The highest BCUT2D eigenvalue weighted by Gasteiger charge is 2.33. The van der Waals surface area contributed by atoms with E-state index in [1.807, 2.05) is 45.0 Å². The lowest BCUT2D eigenvalue weighted by Gasteiger charge is -2.15. The van der Waals surface area contributed by atoms with Crippen LogP contribution in [0.3, 0.4) is 0 Å². The van der Waals surface area contributed by atoms with Crippen LogP contribution in [0.5, 0.6) is 5.75 Å². The number of thiazole rings is 1. The van der Waals surface area contributed by atoms with Crippen LogP contribution in [0, 0.1) is 0 Å². The lowest BCUT2D eigenvalue weighted by molar-refractivity contribution is -0.140. The van der Waals surface area contributed by atoms with Crippen molar-refractivity contribution in [3.8, 4) is 5.75 Å². The minimum Gasteiger partial charge on any atom is -0.490 e. The predicted molar refractivity (Wildman–Crippen MR) is 111 cm³/mol. The summed E-state index contributed by atoms with van der Waals surface area (Å²) in [5, 5.41) is 8.51. The molecular formula is C20H23F3N4O2S. The fourth-order valence-electron chi connectivity index (χ4n) is 2.80. The van der Waals surface area contributed by atoms with E-state index >= 15 is 0 Å². The van der Waals surface area contributed by atoms with Crippen LogP contribution in [0.1, 0.15) is 43.3 Å². The molecule has 0 bridgehead atoms. The number of rotatable bonds is 7. The molecule has 162 valence electrons. The zero-order chi connectivity index (χ0) is 21.7. The summed E-state index contributed by atoms with van der Waals surface area (Å²) >= 11 is 0.935. The minimum absolute atomic E-state index is 0.0391. The summed E-state index contributed by atoms with van der Waals surface area (Å²) in [5.41, 5.74) is -0.219. The number of aromatic nitrogens is 1. The maximum Gasteiger partial charge on any atom is 0.434 e. The van der Waals surface area contributed by atoms with E-state index in [2.05, 4.69) is 20.6 Å². The molecule has 1 aromatic carbocycles. The first kappa shape index (κ1) is 21.9. The Morgan fingerprint density at radius 1 is 1.33 bits per heavy atom. The number of aliphatic imine (C=N–C) groups is 1. The fraction of sp³-hybridized carbons (Fsp3) is 0.400. The maximum atomic E-state index is 12.7. The largest absolute Gasteiger partial charge is 0.490 e. The normalized spacial score (nSPS) is 13.5. The standard InChI is InChI=1S/C20H23F3N4O2S/c1-4-24-19(25-10-17-27-16(11-30-17)20(21,22)23)26-12(3)15-9-13-7-6-8-14(28-5-2)18(13)29-15/h6-9,11-12H,4-5,10H2,1-3H3,(H2,24,25,26). The van der Waals surface area contributed by atoms with E-state index in [0.717, 1.165) is 22.1 Å². The van der Waals surface area contributed by atoms with Crippen molar-refractivity contribution in [2.24, 2.45) is 4.99 Å². The number of alkyl halides is 3. The van der Waals surface area contributed by atoms with Crippen LogP contribution in [0.15, 0.2) is 39.1 Å². The van der Waals surface area contributed by atoms with Gasteiger partial charge in [-0.2, -0.15) is 13.2 Å². The first-order valence-corrected chi connectivity index (χ1v) is 10.4. The molecule has 0 saturated heterocycles. The summed E-state index contributed by atoms with van der Waals surface area (Å²) in [5.74, 6) is 1.83. The van der Waals surface area contributed by atoms with Gasteiger partial charge in [-0.3, -0.25) is 0 Å². The van der Waals surface area contributed by atoms with Crippen LogP contribution in [-0.4, -0.2) is 24.1 Å². The maximum absolute atomic E-state index is 12.7. The lowest BCUT2D eigenvalue weighted by atomic mass is 10.2. The Morgan fingerprint density at radius 3 is 2.80 bits per heavy atom. The minimum atomic E-state index is -4.45. The average Bonchev–Trinajstić information content (AvgIpc) is 3.34. The number of furan rings is 1. The van der Waals surface area contributed by atoms with Crippen LogP contribution in [0.25, 0.3) is 11.0 Å². The number of hydrogen-bond acceptors (Lipinski definition) is 5. The van der Waals surface area contributed by atoms with E-state index in [4.69, 9.17) is 9.15 Å². The molecule has 0 amide bonds. The van der Waals surface area contributed by atoms with E-state index in [0.29, 0.717) is 36.2 Å². The van der Waals surface area contributed by atoms with Gasteiger partial charge in [0, 0.05) is 17.3 Å². The van der Waals surface area contributed by atoms with Crippen molar-refractivity contribution in [1.29, 1.82) is 0 Å². The van der Waals surface area contributed by atoms with Crippen LogP contribution >= 0.6 is 11.3 Å². The van der Waals surface area contributed by atoms with Gasteiger partial charge in [0.2, 0.25) is 0 Å². The number of ether oxygens (including phenoxy) is 1. The number of nitrogens with zero attached hydrogens (tertiary/aromatic N) is 2. The molecule has 0 aliphatic heterocycles. The number of halogens is 3. The van der Waals surface area contributed by atoms with Crippen molar-refractivity contribution in [3.63, 3.8) is 0 Å². The second kappa shape index (κ2) is 9.38. The summed E-state index contributed by atoms with van der Waals surface area (Å²) in [6.07, 6.45) is -4.45. The summed E-state index contributed by atoms with van der Waals surface area (Å²) in [6, 6.07) is 7.39. The first-order valence-electron chi connectivity index (χ1n) is 9.53.